The van der Waals surface area contributed by atoms with Crippen LogP contribution in [0.1, 0.15) is 42.6 Å². The maximum Gasteiger partial charge on any atom is 0.360 e. The summed E-state index contributed by atoms with van der Waals surface area (Å²) in [6.45, 7) is 6.67. The van der Waals surface area contributed by atoms with E-state index in [0.717, 1.165) is 11.4 Å². The van der Waals surface area contributed by atoms with Crippen molar-refractivity contribution in [2.45, 2.75) is 33.7 Å². The molecule has 8 heteroatoms. The van der Waals surface area contributed by atoms with Crippen molar-refractivity contribution in [1.82, 2.24) is 30.0 Å². The second-order valence-corrected chi connectivity index (χ2v) is 5.24. The lowest BCUT2D eigenvalue weighted by atomic mass is 10.1. The van der Waals surface area contributed by atoms with Gasteiger partial charge in [-0.3, -0.25) is 4.68 Å². The number of aromatic nitrogens is 6. The minimum absolute atomic E-state index is 0.287. The Kier molecular flexibility index (Phi) is 4.66. The first-order valence-corrected chi connectivity index (χ1v) is 6.96. The Hall–Kier alpha value is -2.25. The molecule has 0 spiro atoms. The van der Waals surface area contributed by atoms with Crippen LogP contribution in [0.15, 0.2) is 6.20 Å². The molecule has 2 heterocycles. The summed E-state index contributed by atoms with van der Waals surface area (Å²) in [5.74, 6) is -0.0594. The molecule has 0 fully saturated rings. The first-order chi connectivity index (χ1) is 10.0. The highest BCUT2D eigenvalue weighted by Crippen LogP contribution is 2.14. The van der Waals surface area contributed by atoms with Gasteiger partial charge in [0.25, 0.3) is 0 Å². The third-order valence-electron chi connectivity index (χ3n) is 2.87. The zero-order chi connectivity index (χ0) is 15.4. The van der Waals surface area contributed by atoms with Crippen molar-refractivity contribution in [1.29, 1.82) is 0 Å². The van der Waals surface area contributed by atoms with Crippen molar-refractivity contribution in [3.8, 4) is 0 Å². The molecule has 114 valence electrons. The van der Waals surface area contributed by atoms with Gasteiger partial charge in [0.2, 0.25) is 0 Å². The van der Waals surface area contributed by atoms with Crippen molar-refractivity contribution in [2.75, 3.05) is 6.61 Å². The van der Waals surface area contributed by atoms with Crippen molar-refractivity contribution in [3.63, 3.8) is 0 Å². The number of esters is 1. The lowest BCUT2D eigenvalue weighted by molar-refractivity contribution is 0.0517. The van der Waals surface area contributed by atoms with Crippen LogP contribution in [-0.2, 0) is 24.8 Å². The molecule has 0 aliphatic heterocycles. The summed E-state index contributed by atoms with van der Waals surface area (Å²) < 4.78 is 8.35. The van der Waals surface area contributed by atoms with Crippen LogP contribution in [0.25, 0.3) is 0 Å². The van der Waals surface area contributed by atoms with Crippen LogP contribution in [0.5, 0.6) is 0 Å². The quantitative estimate of drug-likeness (QED) is 0.733. The van der Waals surface area contributed by atoms with E-state index in [1.807, 2.05) is 6.20 Å². The molecule has 2 aromatic rings. The molecular weight excluding hydrogens is 272 g/mol. The number of nitrogens with zero attached hydrogens (tertiary/aromatic N) is 6. The monoisotopic (exact) mass is 292 g/mol. The van der Waals surface area contributed by atoms with Crippen LogP contribution in [0, 0.1) is 5.92 Å². The average molecular weight is 292 g/mol. The van der Waals surface area contributed by atoms with Crippen molar-refractivity contribution in [3.05, 3.63) is 23.3 Å². The van der Waals surface area contributed by atoms with Crippen molar-refractivity contribution in [2.24, 2.45) is 13.0 Å². The van der Waals surface area contributed by atoms with Gasteiger partial charge in [-0.25, -0.2) is 9.48 Å². The number of carbonyl (C=O) groups excluding carboxylic acids is 1. The van der Waals surface area contributed by atoms with Crippen LogP contribution in [0.2, 0.25) is 0 Å². The van der Waals surface area contributed by atoms with E-state index in [2.05, 4.69) is 34.5 Å². The summed E-state index contributed by atoms with van der Waals surface area (Å²) in [4.78, 5) is 11.9. The molecule has 0 saturated carbocycles. The Balaban J connectivity index is 2.29. The summed E-state index contributed by atoms with van der Waals surface area (Å²) in [6.07, 6.45) is 2.51. The Morgan fingerprint density at radius 3 is 2.67 bits per heavy atom. The van der Waals surface area contributed by atoms with Gasteiger partial charge in [0.1, 0.15) is 5.69 Å². The molecule has 2 aromatic heterocycles. The van der Waals surface area contributed by atoms with E-state index in [1.54, 1.807) is 23.3 Å². The van der Waals surface area contributed by atoms with E-state index in [-0.39, 0.29) is 5.69 Å². The van der Waals surface area contributed by atoms with Gasteiger partial charge < -0.3 is 4.74 Å². The fourth-order valence-electron chi connectivity index (χ4n) is 2.03. The third kappa shape index (κ3) is 3.65. The molecular formula is C13H20N6O2. The molecule has 0 unspecified atom stereocenters. The highest BCUT2D eigenvalue weighted by atomic mass is 16.5. The highest BCUT2D eigenvalue weighted by Gasteiger charge is 2.22. The predicted octanol–water partition coefficient (Wildman–Crippen LogP) is 0.830. The number of hydrogen-bond donors (Lipinski definition) is 0. The van der Waals surface area contributed by atoms with Gasteiger partial charge in [-0.2, -0.15) is 0 Å². The molecule has 0 aromatic carbocycles. The summed E-state index contributed by atoms with van der Waals surface area (Å²) in [7, 11) is 1.80. The largest absolute Gasteiger partial charge is 0.461 e. The van der Waals surface area contributed by atoms with Gasteiger partial charge in [0.05, 0.1) is 18.8 Å². The Labute approximate surface area is 123 Å². The molecule has 0 saturated heterocycles. The van der Waals surface area contributed by atoms with Gasteiger partial charge in [-0.15, -0.1) is 10.2 Å². The summed E-state index contributed by atoms with van der Waals surface area (Å²) >= 11 is 0. The molecule has 0 atom stereocenters. The SMILES string of the molecule is CCOC(=O)c1nnn(Cc2cn(C)nn2)c1CC(C)C. The molecule has 2 rings (SSSR count). The number of hydrogen-bond acceptors (Lipinski definition) is 6. The molecule has 8 nitrogen and oxygen atoms in total. The standard InChI is InChI=1S/C13H20N6O2/c1-5-21-13(20)12-11(6-9(2)3)19(17-15-12)8-10-7-18(4)16-14-10/h7,9H,5-6,8H2,1-4H3. The van der Waals surface area contributed by atoms with Gasteiger partial charge >= 0.3 is 5.97 Å². The maximum absolute atomic E-state index is 11.9. The molecule has 21 heavy (non-hydrogen) atoms. The summed E-state index contributed by atoms with van der Waals surface area (Å²) in [5, 5.41) is 16.0. The first kappa shape index (κ1) is 15.1. The number of ether oxygens (including phenoxy) is 1. The summed E-state index contributed by atoms with van der Waals surface area (Å²) in [6, 6.07) is 0. The van der Waals surface area contributed by atoms with E-state index in [4.69, 9.17) is 4.74 Å². The van der Waals surface area contributed by atoms with Crippen LogP contribution in [0.4, 0.5) is 0 Å². The van der Waals surface area contributed by atoms with E-state index in [0.29, 0.717) is 25.5 Å². The van der Waals surface area contributed by atoms with Gasteiger partial charge in [0.15, 0.2) is 5.69 Å². The average Bonchev–Trinajstić information content (AvgIpc) is 2.97. The highest BCUT2D eigenvalue weighted by molar-refractivity contribution is 5.88. The number of carbonyl (C=O) groups is 1. The van der Waals surface area contributed by atoms with E-state index < -0.39 is 5.97 Å². The van der Waals surface area contributed by atoms with Crippen LogP contribution in [-0.4, -0.2) is 42.6 Å². The molecule has 0 N–H and O–H groups in total. The molecule has 0 amide bonds. The van der Waals surface area contributed by atoms with Gasteiger partial charge in [-0.1, -0.05) is 24.3 Å². The third-order valence-corrected chi connectivity index (χ3v) is 2.87. The first-order valence-electron chi connectivity index (χ1n) is 6.96. The van der Waals surface area contributed by atoms with Crippen molar-refractivity contribution >= 4 is 5.97 Å². The fraction of sp³-hybridized carbons (Fsp3) is 0.615. The predicted molar refractivity (Wildman–Crippen MR) is 74.6 cm³/mol. The zero-order valence-electron chi connectivity index (χ0n) is 12.8. The smallest absolute Gasteiger partial charge is 0.360 e. The van der Waals surface area contributed by atoms with Crippen molar-refractivity contribution < 1.29 is 9.53 Å². The van der Waals surface area contributed by atoms with Crippen LogP contribution < -0.4 is 0 Å². The maximum atomic E-state index is 11.9. The second-order valence-electron chi connectivity index (χ2n) is 5.24. The summed E-state index contributed by atoms with van der Waals surface area (Å²) in [5.41, 5.74) is 1.83. The van der Waals surface area contributed by atoms with Crippen LogP contribution in [0.3, 0.4) is 0 Å². The van der Waals surface area contributed by atoms with Gasteiger partial charge in [-0.05, 0) is 19.3 Å². The number of rotatable bonds is 6. The zero-order valence-corrected chi connectivity index (χ0v) is 12.8. The Morgan fingerprint density at radius 2 is 2.10 bits per heavy atom. The minimum Gasteiger partial charge on any atom is -0.461 e. The second kappa shape index (κ2) is 6.47. The van der Waals surface area contributed by atoms with Crippen LogP contribution >= 0.6 is 0 Å². The normalized spacial score (nSPS) is 11.1. The fourth-order valence-corrected chi connectivity index (χ4v) is 2.03. The molecule has 0 aliphatic carbocycles. The van der Waals surface area contributed by atoms with Gasteiger partial charge in [0, 0.05) is 13.2 Å². The minimum atomic E-state index is -0.432. The lowest BCUT2D eigenvalue weighted by Crippen LogP contribution is -2.13. The van der Waals surface area contributed by atoms with E-state index in [9.17, 15) is 4.79 Å². The Bertz CT molecular complexity index is 616. The topological polar surface area (TPSA) is 87.7 Å². The Morgan fingerprint density at radius 1 is 1.33 bits per heavy atom. The van der Waals surface area contributed by atoms with E-state index >= 15 is 0 Å². The molecule has 0 aliphatic rings. The number of aryl methyl sites for hydroxylation is 1. The molecule has 0 radical (unpaired) electrons. The molecule has 0 bridgehead atoms. The van der Waals surface area contributed by atoms with E-state index in [1.165, 1.54) is 0 Å². The lowest BCUT2D eigenvalue weighted by Gasteiger charge is -2.08.